The fourth-order valence-corrected chi connectivity index (χ4v) is 5.16. The predicted octanol–water partition coefficient (Wildman–Crippen LogP) is 5.10. The first-order valence-electron chi connectivity index (χ1n) is 12.5. The maximum absolute atomic E-state index is 4.76. The molecule has 4 aromatic carbocycles. The van der Waals surface area contributed by atoms with Gasteiger partial charge in [-0.3, -0.25) is 0 Å². The van der Waals surface area contributed by atoms with E-state index in [0.29, 0.717) is 0 Å². The van der Waals surface area contributed by atoms with Crippen molar-refractivity contribution in [2.24, 2.45) is 0 Å². The Hall–Kier alpha value is -0.208. The third-order valence-corrected chi connectivity index (χ3v) is 7.27. The third kappa shape index (κ3) is 24.2. The van der Waals surface area contributed by atoms with Crippen LogP contribution in [0, 0.1) is 64.2 Å². The average Bonchev–Trinajstić information content (AvgIpc) is 3.77. The molecule has 0 amide bonds. The first-order valence-corrected chi connectivity index (χ1v) is 15.6. The number of rotatable bonds is 4. The van der Waals surface area contributed by atoms with Gasteiger partial charge in [-0.2, -0.15) is 0 Å². The van der Waals surface area contributed by atoms with Crippen LogP contribution in [0.25, 0.3) is 0 Å². The summed E-state index contributed by atoms with van der Waals surface area (Å²) in [6.45, 7) is 0. The molecule has 2 aliphatic rings. The summed E-state index contributed by atoms with van der Waals surface area (Å²) in [6.07, 6.45) is 20.0. The smallest absolute Gasteiger partial charge is 1.00 e. The van der Waals surface area contributed by atoms with Crippen molar-refractivity contribution < 1.29 is 49.9 Å². The van der Waals surface area contributed by atoms with Gasteiger partial charge < -0.3 is 12.4 Å². The zero-order valence-corrected chi connectivity index (χ0v) is 29.8. The van der Waals surface area contributed by atoms with E-state index in [0.717, 1.165) is 17.2 Å². The van der Waals surface area contributed by atoms with Crippen molar-refractivity contribution in [2.75, 3.05) is 5.34 Å². The molecule has 0 aromatic heterocycles. The van der Waals surface area contributed by atoms with Crippen LogP contribution in [0.1, 0.15) is 0 Å². The molecule has 2 aliphatic carbocycles. The van der Waals surface area contributed by atoms with E-state index in [2.05, 4.69) is 121 Å². The number of benzene rings is 4. The Kier molecular flexibility index (Phi) is 33.7. The summed E-state index contributed by atoms with van der Waals surface area (Å²) in [5.74, 6) is 0. The van der Waals surface area contributed by atoms with E-state index in [9.17, 15) is 0 Å². The second-order valence-corrected chi connectivity index (χ2v) is 11.4. The molecule has 0 atom stereocenters. The Balaban J connectivity index is 0. The number of halogens is 3. The van der Waals surface area contributed by atoms with Gasteiger partial charge in [-0.25, -0.2) is 0 Å². The van der Waals surface area contributed by atoms with Crippen LogP contribution in [0.2, 0.25) is 0 Å². The SMILES string of the molecule is ClCCl.[CH]1[CH][CH][CH][CH]1.[CH]1[CH][CH][CH][CH]1.[Cl-].[Fe+2].[Pd+2].c1ccc(Pc2ccccc2)cc1.c1ccc(Pc2ccccc2)cc1. The second-order valence-electron chi connectivity index (χ2n) is 7.74. The molecule has 7 heteroatoms. The normalized spacial score (nSPS) is 12.2. The summed E-state index contributed by atoms with van der Waals surface area (Å²) < 4.78 is 0. The molecule has 2 fully saturated rings. The third-order valence-electron chi connectivity index (χ3n) is 4.78. The van der Waals surface area contributed by atoms with Crippen molar-refractivity contribution in [2.45, 2.75) is 0 Å². The first kappa shape index (κ1) is 43.9. The standard InChI is InChI=1S/2C12H11P.2C5H5.CH2Cl2.ClH.Fe.Pd/c2*1-3-7-11(8-4-1)13-12-9-5-2-6-10-12;2*1-2-4-5-3-1;2-1-3;;;/h2*1-10,13H;2*1-5H;1H2;1H;;/q;;;;;;2*+2/p-1. The van der Waals surface area contributed by atoms with E-state index in [1.54, 1.807) is 0 Å². The minimum absolute atomic E-state index is 0. The Morgan fingerprint density at radius 3 is 0.643 bits per heavy atom. The molecule has 0 bridgehead atoms. The number of alkyl halides is 2. The zero-order chi connectivity index (χ0) is 27.6. The Morgan fingerprint density at radius 2 is 0.500 bits per heavy atom. The van der Waals surface area contributed by atoms with Crippen molar-refractivity contribution in [3.8, 4) is 0 Å². The van der Waals surface area contributed by atoms with Gasteiger partial charge in [-0.1, -0.05) is 138 Å². The van der Waals surface area contributed by atoms with Gasteiger partial charge in [0.25, 0.3) is 0 Å². The molecule has 0 N–H and O–H groups in total. The van der Waals surface area contributed by atoms with E-state index in [1.807, 2.05) is 64.2 Å². The van der Waals surface area contributed by atoms with Crippen LogP contribution in [0.3, 0.4) is 0 Å². The molecule has 0 heterocycles. The Morgan fingerprint density at radius 1 is 0.357 bits per heavy atom. The van der Waals surface area contributed by atoms with Gasteiger partial charge in [0.15, 0.2) is 0 Å². The molecule has 10 radical (unpaired) electrons. The van der Waals surface area contributed by atoms with Gasteiger partial charge in [0.05, 0.1) is 5.34 Å². The van der Waals surface area contributed by atoms with Gasteiger partial charge >= 0.3 is 37.5 Å². The molecule has 4 aromatic rings. The number of hydrogen-bond donors (Lipinski definition) is 0. The first-order chi connectivity index (χ1) is 19.3. The molecule has 0 aliphatic heterocycles. The number of hydrogen-bond acceptors (Lipinski definition) is 0. The van der Waals surface area contributed by atoms with Crippen LogP contribution in [0.5, 0.6) is 0 Å². The van der Waals surface area contributed by atoms with Crippen LogP contribution >= 0.6 is 40.4 Å². The molecule has 220 valence electrons. The van der Waals surface area contributed by atoms with Gasteiger partial charge in [0.1, 0.15) is 0 Å². The molecule has 0 unspecified atom stereocenters. The summed E-state index contributed by atoms with van der Waals surface area (Å²) in [6, 6.07) is 42.3. The average molecular weight is 785 g/mol. The summed E-state index contributed by atoms with van der Waals surface area (Å²) in [7, 11) is 1.55. The van der Waals surface area contributed by atoms with Gasteiger partial charge in [-0.15, -0.1) is 23.2 Å². The van der Waals surface area contributed by atoms with Gasteiger partial charge in [0.2, 0.25) is 0 Å². The molecular weight excluding hydrogens is 751 g/mol. The van der Waals surface area contributed by atoms with Crippen LogP contribution in [0.4, 0.5) is 0 Å². The topological polar surface area (TPSA) is 0 Å². The molecule has 42 heavy (non-hydrogen) atoms. The fourth-order valence-electron chi connectivity index (χ4n) is 3.06. The van der Waals surface area contributed by atoms with Crippen molar-refractivity contribution in [1.82, 2.24) is 0 Å². The monoisotopic (exact) mass is 783 g/mol. The Bertz CT molecular complexity index is 877. The van der Waals surface area contributed by atoms with Crippen molar-refractivity contribution in [1.29, 1.82) is 0 Å². The summed E-state index contributed by atoms with van der Waals surface area (Å²) in [4.78, 5) is 0. The fraction of sp³-hybridized carbons (Fsp3) is 0.0286. The van der Waals surface area contributed by atoms with E-state index >= 15 is 0 Å². The van der Waals surface area contributed by atoms with E-state index in [4.69, 9.17) is 23.2 Å². The zero-order valence-electron chi connectivity index (χ0n) is 22.8. The van der Waals surface area contributed by atoms with Gasteiger partial charge in [-0.05, 0) is 85.4 Å². The van der Waals surface area contributed by atoms with Crippen LogP contribution in [0.15, 0.2) is 121 Å². The van der Waals surface area contributed by atoms with Crippen molar-refractivity contribution >= 4 is 61.6 Å². The van der Waals surface area contributed by atoms with Crippen LogP contribution < -0.4 is 33.6 Å². The molecule has 0 spiro atoms. The quantitative estimate of drug-likeness (QED) is 0.154. The minimum Gasteiger partial charge on any atom is -1.00 e. The molecular formula is C35H34Cl3FeP2Pd+3. The van der Waals surface area contributed by atoms with E-state index in [1.165, 1.54) is 21.2 Å². The maximum Gasteiger partial charge on any atom is 2.00 e. The molecule has 2 saturated carbocycles. The summed E-state index contributed by atoms with van der Waals surface area (Å²) in [5, 5.41) is 5.78. The van der Waals surface area contributed by atoms with Gasteiger partial charge in [0, 0.05) is 0 Å². The van der Waals surface area contributed by atoms with E-state index < -0.39 is 0 Å². The predicted molar refractivity (Wildman–Crippen MR) is 181 cm³/mol. The largest absolute Gasteiger partial charge is 2.00 e. The minimum atomic E-state index is 0. The summed E-state index contributed by atoms with van der Waals surface area (Å²) in [5.41, 5.74) is 0. The van der Waals surface area contributed by atoms with Crippen LogP contribution in [-0.2, 0) is 37.5 Å². The second kappa shape index (κ2) is 32.2. The van der Waals surface area contributed by atoms with Crippen LogP contribution in [-0.4, -0.2) is 5.34 Å². The van der Waals surface area contributed by atoms with Crippen molar-refractivity contribution in [3.05, 3.63) is 186 Å². The molecule has 6 rings (SSSR count). The van der Waals surface area contributed by atoms with Crippen molar-refractivity contribution in [3.63, 3.8) is 0 Å². The summed E-state index contributed by atoms with van der Waals surface area (Å²) >= 11 is 9.53. The Labute approximate surface area is 300 Å². The maximum atomic E-state index is 4.76. The molecule has 0 saturated heterocycles. The molecule has 0 nitrogen and oxygen atoms in total. The van der Waals surface area contributed by atoms with E-state index in [-0.39, 0.29) is 55.2 Å².